The summed E-state index contributed by atoms with van der Waals surface area (Å²) in [6.45, 7) is 4.23. The number of halogens is 1. The van der Waals surface area contributed by atoms with Gasteiger partial charge >= 0.3 is 5.97 Å². The van der Waals surface area contributed by atoms with Crippen LogP contribution in [-0.4, -0.2) is 15.6 Å². The second kappa shape index (κ2) is 4.53. The lowest BCUT2D eigenvalue weighted by atomic mass is 10.1. The number of hydrogen-bond donors (Lipinski definition) is 1. The number of benzene rings is 1. The van der Waals surface area contributed by atoms with Crippen LogP contribution in [0.15, 0.2) is 30.5 Å². The third-order valence-electron chi connectivity index (χ3n) is 2.79. The second-order valence-electron chi connectivity index (χ2n) is 4.42. The van der Waals surface area contributed by atoms with Crippen molar-refractivity contribution in [2.45, 2.75) is 18.8 Å². The molecule has 3 nitrogen and oxygen atoms in total. The van der Waals surface area contributed by atoms with E-state index in [9.17, 15) is 4.79 Å². The molecule has 0 amide bonds. The van der Waals surface area contributed by atoms with Crippen molar-refractivity contribution in [3.05, 3.63) is 36.0 Å². The first-order chi connectivity index (χ1) is 8.00. The predicted molar refractivity (Wildman–Crippen MR) is 71.7 cm³/mol. The molecule has 0 radical (unpaired) electrons. The van der Waals surface area contributed by atoms with Crippen molar-refractivity contribution in [2.24, 2.45) is 5.92 Å². The number of aromatic nitrogens is 1. The van der Waals surface area contributed by atoms with Crippen LogP contribution in [-0.2, 0) is 0 Å². The lowest BCUT2D eigenvalue weighted by Gasteiger charge is -2.17. The Bertz CT molecular complexity index is 560. The van der Waals surface area contributed by atoms with Crippen molar-refractivity contribution in [1.29, 1.82) is 0 Å². The first kappa shape index (κ1) is 12.2. The molecule has 0 fully saturated rings. The van der Waals surface area contributed by atoms with E-state index in [-0.39, 0.29) is 4.95 Å². The van der Waals surface area contributed by atoms with Gasteiger partial charge in [0.1, 0.15) is 0 Å². The minimum absolute atomic E-state index is 0.170. The molecular formula is C13H14BrNO2. The average Bonchev–Trinajstić information content (AvgIpc) is 2.70. The number of alkyl halides is 1. The summed E-state index contributed by atoms with van der Waals surface area (Å²) in [5.41, 5.74) is 1.27. The van der Waals surface area contributed by atoms with Crippen LogP contribution in [0.1, 0.15) is 29.2 Å². The average molecular weight is 296 g/mol. The fourth-order valence-corrected chi connectivity index (χ4v) is 2.18. The zero-order valence-electron chi connectivity index (χ0n) is 9.72. The van der Waals surface area contributed by atoms with Crippen molar-refractivity contribution in [3.63, 3.8) is 0 Å². The molecule has 1 heterocycles. The van der Waals surface area contributed by atoms with E-state index in [2.05, 4.69) is 34.3 Å². The highest BCUT2D eigenvalue weighted by Crippen LogP contribution is 2.30. The van der Waals surface area contributed by atoms with Gasteiger partial charge in [0, 0.05) is 11.7 Å². The molecular weight excluding hydrogens is 282 g/mol. The number of carboxylic acids is 1. The molecule has 2 rings (SSSR count). The number of hydrogen-bond acceptors (Lipinski definition) is 1. The maximum absolute atomic E-state index is 11.0. The lowest BCUT2D eigenvalue weighted by Crippen LogP contribution is -2.07. The van der Waals surface area contributed by atoms with Gasteiger partial charge in [0.15, 0.2) is 0 Å². The zero-order chi connectivity index (χ0) is 12.6. The maximum Gasteiger partial charge on any atom is 0.335 e. The van der Waals surface area contributed by atoms with Crippen LogP contribution in [0.4, 0.5) is 0 Å². The van der Waals surface area contributed by atoms with Crippen molar-refractivity contribution >= 4 is 32.8 Å². The Labute approximate surface area is 108 Å². The Morgan fingerprint density at radius 1 is 1.35 bits per heavy atom. The second-order valence-corrected chi connectivity index (χ2v) is 5.36. The Morgan fingerprint density at radius 3 is 2.65 bits per heavy atom. The SMILES string of the molecule is CC(C)C(Br)n1ccc2ccc(C(=O)O)cc21. The fraction of sp³-hybridized carbons (Fsp3) is 0.308. The third kappa shape index (κ3) is 2.22. The van der Waals surface area contributed by atoms with Gasteiger partial charge in [-0.25, -0.2) is 4.79 Å². The smallest absolute Gasteiger partial charge is 0.335 e. The van der Waals surface area contributed by atoms with Crippen molar-refractivity contribution in [3.8, 4) is 0 Å². The molecule has 4 heteroatoms. The number of fused-ring (bicyclic) bond motifs is 1. The van der Waals surface area contributed by atoms with Gasteiger partial charge in [-0.05, 0) is 29.5 Å². The maximum atomic E-state index is 11.0. The predicted octanol–water partition coefficient (Wildman–Crippen LogP) is 3.89. The van der Waals surface area contributed by atoms with Gasteiger partial charge in [-0.3, -0.25) is 0 Å². The minimum Gasteiger partial charge on any atom is -0.478 e. The molecule has 90 valence electrons. The van der Waals surface area contributed by atoms with Crippen LogP contribution in [0.2, 0.25) is 0 Å². The van der Waals surface area contributed by atoms with Gasteiger partial charge in [0.2, 0.25) is 0 Å². The lowest BCUT2D eigenvalue weighted by molar-refractivity contribution is 0.0697. The molecule has 1 N–H and O–H groups in total. The summed E-state index contributed by atoms with van der Waals surface area (Å²) >= 11 is 3.63. The van der Waals surface area contributed by atoms with E-state index in [4.69, 9.17) is 5.11 Å². The summed E-state index contributed by atoms with van der Waals surface area (Å²) in [4.78, 5) is 11.1. The van der Waals surface area contributed by atoms with E-state index in [1.807, 2.05) is 18.3 Å². The van der Waals surface area contributed by atoms with Gasteiger partial charge in [0.25, 0.3) is 0 Å². The highest BCUT2D eigenvalue weighted by atomic mass is 79.9. The molecule has 1 unspecified atom stereocenters. The normalized spacial score (nSPS) is 13.2. The molecule has 0 aliphatic rings. The van der Waals surface area contributed by atoms with E-state index in [0.717, 1.165) is 10.9 Å². The Morgan fingerprint density at radius 2 is 2.06 bits per heavy atom. The largest absolute Gasteiger partial charge is 0.478 e. The summed E-state index contributed by atoms with van der Waals surface area (Å²) in [7, 11) is 0. The van der Waals surface area contributed by atoms with Gasteiger partial charge in [-0.15, -0.1) is 0 Å². The van der Waals surface area contributed by atoms with Gasteiger partial charge in [-0.1, -0.05) is 35.8 Å². The molecule has 0 aliphatic carbocycles. The van der Waals surface area contributed by atoms with Crippen LogP contribution in [0, 0.1) is 5.92 Å². The summed E-state index contributed by atoms with van der Waals surface area (Å²) in [5.74, 6) is -0.464. The van der Waals surface area contributed by atoms with Crippen LogP contribution in [0.25, 0.3) is 10.9 Å². The fourth-order valence-electron chi connectivity index (χ4n) is 1.82. The van der Waals surface area contributed by atoms with Crippen LogP contribution in [0.5, 0.6) is 0 Å². The van der Waals surface area contributed by atoms with Crippen molar-refractivity contribution in [1.82, 2.24) is 4.57 Å². The molecule has 1 aromatic heterocycles. The van der Waals surface area contributed by atoms with Crippen molar-refractivity contribution < 1.29 is 9.90 Å². The van der Waals surface area contributed by atoms with E-state index in [1.165, 1.54) is 0 Å². The van der Waals surface area contributed by atoms with E-state index in [1.54, 1.807) is 12.1 Å². The number of carbonyl (C=O) groups is 1. The van der Waals surface area contributed by atoms with E-state index in [0.29, 0.717) is 11.5 Å². The number of rotatable bonds is 3. The summed E-state index contributed by atoms with van der Waals surface area (Å²) in [6.07, 6.45) is 1.98. The van der Waals surface area contributed by atoms with Crippen molar-refractivity contribution in [2.75, 3.05) is 0 Å². The van der Waals surface area contributed by atoms with E-state index < -0.39 is 5.97 Å². The summed E-state index contributed by atoms with van der Waals surface area (Å²) < 4.78 is 2.06. The van der Waals surface area contributed by atoms with E-state index >= 15 is 0 Å². The van der Waals surface area contributed by atoms with Gasteiger partial charge in [-0.2, -0.15) is 0 Å². The molecule has 0 saturated carbocycles. The summed E-state index contributed by atoms with van der Waals surface area (Å²) in [5, 5.41) is 10.1. The van der Waals surface area contributed by atoms with Crippen LogP contribution < -0.4 is 0 Å². The molecule has 1 atom stereocenters. The third-order valence-corrected chi connectivity index (χ3v) is 4.28. The van der Waals surface area contributed by atoms with Gasteiger partial charge in [0.05, 0.1) is 10.5 Å². The van der Waals surface area contributed by atoms with Crippen LogP contribution in [0.3, 0.4) is 0 Å². The first-order valence-corrected chi connectivity index (χ1v) is 6.40. The molecule has 1 aromatic carbocycles. The molecule has 0 spiro atoms. The highest BCUT2D eigenvalue weighted by molar-refractivity contribution is 9.09. The Hall–Kier alpha value is -1.29. The molecule has 0 bridgehead atoms. The Kier molecular flexibility index (Phi) is 3.24. The summed E-state index contributed by atoms with van der Waals surface area (Å²) in [6, 6.07) is 7.19. The number of aromatic carboxylic acids is 1. The quantitative estimate of drug-likeness (QED) is 0.873. The standard InChI is InChI=1S/C13H14BrNO2/c1-8(2)12(14)15-6-5-9-3-4-10(13(16)17)7-11(9)15/h3-8,12H,1-2H3,(H,16,17). The first-order valence-electron chi connectivity index (χ1n) is 5.48. The topological polar surface area (TPSA) is 42.2 Å². The molecule has 2 aromatic rings. The zero-order valence-corrected chi connectivity index (χ0v) is 11.3. The van der Waals surface area contributed by atoms with Crippen LogP contribution >= 0.6 is 15.9 Å². The van der Waals surface area contributed by atoms with Gasteiger partial charge < -0.3 is 9.67 Å². The highest BCUT2D eigenvalue weighted by Gasteiger charge is 2.14. The number of carboxylic acid groups (broad SMARTS) is 1. The molecule has 17 heavy (non-hydrogen) atoms. The molecule has 0 aliphatic heterocycles. The monoisotopic (exact) mass is 295 g/mol. The minimum atomic E-state index is -0.893. The number of nitrogens with zero attached hydrogens (tertiary/aromatic N) is 1. The Balaban J connectivity index is 2.57. The molecule has 0 saturated heterocycles.